The van der Waals surface area contributed by atoms with Gasteiger partial charge in [-0.25, -0.2) is 4.98 Å². The highest BCUT2D eigenvalue weighted by Crippen LogP contribution is 2.27. The van der Waals surface area contributed by atoms with Crippen molar-refractivity contribution in [2.75, 3.05) is 11.9 Å². The number of benzene rings is 3. The number of amides is 1. The number of carbonyl (C=O) groups is 1. The Morgan fingerprint density at radius 3 is 2.68 bits per heavy atom. The molecule has 156 valence electrons. The normalized spacial score (nSPS) is 10.6. The number of hydrogen-bond donors (Lipinski definition) is 2. The van der Waals surface area contributed by atoms with Crippen molar-refractivity contribution >= 4 is 50.5 Å². The van der Waals surface area contributed by atoms with Gasteiger partial charge in [0.05, 0.1) is 5.69 Å². The minimum atomic E-state index is -0.330. The van der Waals surface area contributed by atoms with Gasteiger partial charge in [-0.3, -0.25) is 10.1 Å². The SMILES string of the molecule is Cc1ccc(OCC(=O)NC(=S)Nc2nc(-c3ccc4ccccc4c3)cs2)c(C)c1. The van der Waals surface area contributed by atoms with E-state index in [1.54, 1.807) is 0 Å². The van der Waals surface area contributed by atoms with Crippen LogP contribution in [0.5, 0.6) is 5.75 Å². The highest BCUT2D eigenvalue weighted by atomic mass is 32.1. The number of hydrogen-bond acceptors (Lipinski definition) is 5. The molecule has 5 nitrogen and oxygen atoms in total. The second-order valence-electron chi connectivity index (χ2n) is 7.16. The van der Waals surface area contributed by atoms with Crippen molar-refractivity contribution in [3.05, 3.63) is 77.2 Å². The van der Waals surface area contributed by atoms with Crippen molar-refractivity contribution in [3.8, 4) is 17.0 Å². The summed E-state index contributed by atoms with van der Waals surface area (Å²) in [5.41, 5.74) is 4.01. The number of nitrogens with one attached hydrogen (secondary N) is 2. The largest absolute Gasteiger partial charge is 0.483 e. The Morgan fingerprint density at radius 1 is 1.06 bits per heavy atom. The Morgan fingerprint density at radius 2 is 1.87 bits per heavy atom. The number of aryl methyl sites for hydroxylation is 2. The Kier molecular flexibility index (Phi) is 6.25. The van der Waals surface area contributed by atoms with Gasteiger partial charge in [-0.1, -0.05) is 54.1 Å². The molecule has 1 amide bonds. The van der Waals surface area contributed by atoms with E-state index in [0.29, 0.717) is 10.9 Å². The molecule has 0 aliphatic carbocycles. The van der Waals surface area contributed by atoms with E-state index in [4.69, 9.17) is 17.0 Å². The summed E-state index contributed by atoms with van der Waals surface area (Å²) in [4.78, 5) is 16.8. The summed E-state index contributed by atoms with van der Waals surface area (Å²) in [5, 5.41) is 10.7. The fourth-order valence-electron chi connectivity index (χ4n) is 3.21. The molecule has 1 heterocycles. The third-order valence-corrected chi connectivity index (χ3v) is 5.67. The Labute approximate surface area is 190 Å². The molecule has 0 radical (unpaired) electrons. The molecule has 0 aliphatic rings. The zero-order valence-electron chi connectivity index (χ0n) is 17.1. The molecule has 0 saturated heterocycles. The van der Waals surface area contributed by atoms with Gasteiger partial charge in [0, 0.05) is 10.9 Å². The average Bonchev–Trinajstić information content (AvgIpc) is 3.21. The van der Waals surface area contributed by atoms with Gasteiger partial charge in [-0.05, 0) is 54.5 Å². The van der Waals surface area contributed by atoms with Crippen LogP contribution in [0.25, 0.3) is 22.0 Å². The second kappa shape index (κ2) is 9.24. The molecule has 31 heavy (non-hydrogen) atoms. The van der Waals surface area contributed by atoms with Crippen LogP contribution in [0.4, 0.5) is 5.13 Å². The Bertz CT molecular complexity index is 1270. The monoisotopic (exact) mass is 447 g/mol. The van der Waals surface area contributed by atoms with Crippen molar-refractivity contribution in [2.45, 2.75) is 13.8 Å². The van der Waals surface area contributed by atoms with Crippen LogP contribution in [-0.4, -0.2) is 22.6 Å². The highest BCUT2D eigenvalue weighted by molar-refractivity contribution is 7.80. The topological polar surface area (TPSA) is 63.2 Å². The number of thiazole rings is 1. The predicted molar refractivity (Wildman–Crippen MR) is 131 cm³/mol. The zero-order chi connectivity index (χ0) is 21.8. The molecule has 4 aromatic rings. The quantitative estimate of drug-likeness (QED) is 0.397. The van der Waals surface area contributed by atoms with Crippen LogP contribution in [0, 0.1) is 13.8 Å². The van der Waals surface area contributed by atoms with Crippen LogP contribution in [0.2, 0.25) is 0 Å². The van der Waals surface area contributed by atoms with Crippen LogP contribution >= 0.6 is 23.6 Å². The van der Waals surface area contributed by atoms with E-state index in [0.717, 1.165) is 27.8 Å². The number of ether oxygens (including phenoxy) is 1. The van der Waals surface area contributed by atoms with Crippen molar-refractivity contribution in [2.24, 2.45) is 0 Å². The van der Waals surface area contributed by atoms with Gasteiger partial charge >= 0.3 is 0 Å². The number of fused-ring (bicyclic) bond motifs is 1. The van der Waals surface area contributed by atoms with E-state index in [2.05, 4.69) is 39.9 Å². The van der Waals surface area contributed by atoms with E-state index in [1.807, 2.05) is 55.6 Å². The molecule has 2 N–H and O–H groups in total. The first-order valence-electron chi connectivity index (χ1n) is 9.73. The van der Waals surface area contributed by atoms with E-state index in [9.17, 15) is 4.79 Å². The van der Waals surface area contributed by atoms with Crippen LogP contribution in [0.1, 0.15) is 11.1 Å². The summed E-state index contributed by atoms with van der Waals surface area (Å²) in [5.74, 6) is 0.350. The summed E-state index contributed by atoms with van der Waals surface area (Å²) < 4.78 is 5.59. The maximum Gasteiger partial charge on any atom is 0.264 e. The highest BCUT2D eigenvalue weighted by Gasteiger charge is 2.10. The van der Waals surface area contributed by atoms with E-state index in [-0.39, 0.29) is 17.6 Å². The molecular formula is C24H21N3O2S2. The molecule has 0 bridgehead atoms. The smallest absolute Gasteiger partial charge is 0.264 e. The molecule has 0 saturated carbocycles. The van der Waals surface area contributed by atoms with Gasteiger partial charge in [-0.15, -0.1) is 11.3 Å². The molecule has 0 fully saturated rings. The lowest BCUT2D eigenvalue weighted by atomic mass is 10.1. The van der Waals surface area contributed by atoms with Gasteiger partial charge in [0.2, 0.25) is 0 Å². The van der Waals surface area contributed by atoms with E-state index < -0.39 is 0 Å². The summed E-state index contributed by atoms with van der Waals surface area (Å²) >= 11 is 6.67. The minimum absolute atomic E-state index is 0.119. The van der Waals surface area contributed by atoms with Crippen molar-refractivity contribution in [1.82, 2.24) is 10.3 Å². The molecule has 3 aromatic carbocycles. The maximum absolute atomic E-state index is 12.2. The molecule has 0 spiro atoms. The van der Waals surface area contributed by atoms with Crippen LogP contribution < -0.4 is 15.4 Å². The molecule has 4 rings (SSSR count). The van der Waals surface area contributed by atoms with E-state index >= 15 is 0 Å². The predicted octanol–water partition coefficient (Wildman–Crippen LogP) is 5.47. The van der Waals surface area contributed by atoms with Crippen LogP contribution in [-0.2, 0) is 4.79 Å². The molecule has 0 aliphatic heterocycles. The van der Waals surface area contributed by atoms with Gasteiger partial charge in [0.1, 0.15) is 5.75 Å². The number of anilines is 1. The van der Waals surface area contributed by atoms with Gasteiger partial charge in [0.15, 0.2) is 16.9 Å². The van der Waals surface area contributed by atoms with Crippen LogP contribution in [0.15, 0.2) is 66.0 Å². The minimum Gasteiger partial charge on any atom is -0.483 e. The Hall–Kier alpha value is -3.29. The first-order chi connectivity index (χ1) is 15.0. The van der Waals surface area contributed by atoms with Crippen molar-refractivity contribution < 1.29 is 9.53 Å². The van der Waals surface area contributed by atoms with Crippen molar-refractivity contribution in [3.63, 3.8) is 0 Å². The lowest BCUT2D eigenvalue weighted by molar-refractivity contribution is -0.121. The zero-order valence-corrected chi connectivity index (χ0v) is 18.8. The van der Waals surface area contributed by atoms with Gasteiger partial charge in [-0.2, -0.15) is 0 Å². The third kappa shape index (κ3) is 5.25. The average molecular weight is 448 g/mol. The number of nitrogens with zero attached hydrogens (tertiary/aromatic N) is 1. The molecule has 7 heteroatoms. The summed E-state index contributed by atoms with van der Waals surface area (Å²) in [7, 11) is 0. The Balaban J connectivity index is 1.33. The van der Waals surface area contributed by atoms with Gasteiger partial charge < -0.3 is 10.1 Å². The summed E-state index contributed by atoms with van der Waals surface area (Å²) in [6.07, 6.45) is 0. The molecule has 0 unspecified atom stereocenters. The standard InChI is InChI=1S/C24H21N3O2S2/c1-15-7-10-21(16(2)11-15)29-13-22(28)26-23(30)27-24-25-20(14-31-24)19-9-8-17-5-3-4-6-18(17)12-19/h3-12,14H,13H2,1-2H3,(H2,25,26,27,28,30). The molecule has 0 atom stereocenters. The third-order valence-electron chi connectivity index (χ3n) is 4.71. The molecular weight excluding hydrogens is 426 g/mol. The fourth-order valence-corrected chi connectivity index (χ4v) is 4.21. The summed E-state index contributed by atoms with van der Waals surface area (Å²) in [6.45, 7) is 3.84. The lowest BCUT2D eigenvalue weighted by Gasteiger charge is -2.10. The first-order valence-corrected chi connectivity index (χ1v) is 11.0. The summed E-state index contributed by atoms with van der Waals surface area (Å²) in [6, 6.07) is 20.3. The number of aromatic nitrogens is 1. The molecule has 1 aromatic heterocycles. The van der Waals surface area contributed by atoms with Crippen molar-refractivity contribution in [1.29, 1.82) is 0 Å². The lowest BCUT2D eigenvalue weighted by Crippen LogP contribution is -2.37. The van der Waals surface area contributed by atoms with Crippen LogP contribution in [0.3, 0.4) is 0 Å². The fraction of sp³-hybridized carbons (Fsp3) is 0.125. The first kappa shape index (κ1) is 21.0. The number of rotatable bonds is 5. The maximum atomic E-state index is 12.2. The van der Waals surface area contributed by atoms with E-state index in [1.165, 1.54) is 16.7 Å². The number of carbonyl (C=O) groups excluding carboxylic acids is 1. The van der Waals surface area contributed by atoms with Gasteiger partial charge in [0.25, 0.3) is 5.91 Å². The number of thiocarbonyl (C=S) groups is 1. The second-order valence-corrected chi connectivity index (χ2v) is 8.43.